The van der Waals surface area contributed by atoms with Gasteiger partial charge in [-0.1, -0.05) is 0 Å². The lowest BCUT2D eigenvalue weighted by molar-refractivity contribution is -0.120. The highest BCUT2D eigenvalue weighted by molar-refractivity contribution is 5.98. The normalized spacial score (nSPS) is 16.5. The van der Waals surface area contributed by atoms with Crippen molar-refractivity contribution in [3.8, 4) is 0 Å². The number of hydrogen-bond acceptors (Lipinski definition) is 4. The summed E-state index contributed by atoms with van der Waals surface area (Å²) in [4.78, 5) is 21.0. The zero-order chi connectivity index (χ0) is 18.4. The van der Waals surface area contributed by atoms with Crippen molar-refractivity contribution in [2.45, 2.75) is 33.2 Å². The first-order chi connectivity index (χ1) is 11.8. The van der Waals surface area contributed by atoms with Crippen LogP contribution in [0.2, 0.25) is 0 Å². The molecule has 2 rings (SSSR count). The average molecular weight is 349 g/mol. The summed E-state index contributed by atoms with van der Waals surface area (Å²) in [6.07, 6.45) is 3.59. The zero-order valence-corrected chi connectivity index (χ0v) is 16.0. The highest BCUT2D eigenvalue weighted by Gasteiger charge is 2.27. The maximum absolute atomic E-state index is 12.5. The Morgan fingerprint density at radius 2 is 2.12 bits per heavy atom. The molecular formula is C17H31N7O. The Kier molecular flexibility index (Phi) is 6.41. The first kappa shape index (κ1) is 19.2. The molecule has 1 aromatic heterocycles. The van der Waals surface area contributed by atoms with E-state index in [4.69, 9.17) is 0 Å². The van der Waals surface area contributed by atoms with Gasteiger partial charge < -0.3 is 20.4 Å². The second-order valence-electron chi connectivity index (χ2n) is 7.25. The van der Waals surface area contributed by atoms with E-state index in [1.54, 1.807) is 15.8 Å². The number of aromatic nitrogens is 2. The molecule has 1 amide bonds. The molecule has 8 nitrogen and oxygen atoms in total. The Morgan fingerprint density at radius 1 is 1.36 bits per heavy atom. The molecule has 1 saturated heterocycles. The molecule has 1 fully saturated rings. The van der Waals surface area contributed by atoms with Gasteiger partial charge in [0.2, 0.25) is 5.91 Å². The smallest absolute Gasteiger partial charge is 0.246 e. The summed E-state index contributed by atoms with van der Waals surface area (Å²) in [7, 11) is 1.85. The van der Waals surface area contributed by atoms with Gasteiger partial charge in [0.25, 0.3) is 0 Å². The molecule has 1 aliphatic heterocycles. The number of piperazine rings is 1. The van der Waals surface area contributed by atoms with E-state index in [9.17, 15) is 4.79 Å². The summed E-state index contributed by atoms with van der Waals surface area (Å²) >= 11 is 0. The summed E-state index contributed by atoms with van der Waals surface area (Å²) in [5.74, 6) is 0.870. The van der Waals surface area contributed by atoms with Crippen LogP contribution < -0.4 is 15.5 Å². The summed E-state index contributed by atoms with van der Waals surface area (Å²) in [5, 5.41) is 10.9. The van der Waals surface area contributed by atoms with Crippen LogP contribution in [0.1, 0.15) is 27.7 Å². The first-order valence-corrected chi connectivity index (χ1v) is 8.87. The van der Waals surface area contributed by atoms with E-state index >= 15 is 0 Å². The van der Waals surface area contributed by atoms with Crippen LogP contribution in [0, 0.1) is 0 Å². The molecule has 8 heteroatoms. The molecule has 2 heterocycles. The largest absolute Gasteiger partial charge is 0.357 e. The van der Waals surface area contributed by atoms with E-state index in [0.29, 0.717) is 19.6 Å². The van der Waals surface area contributed by atoms with Crippen LogP contribution in [0.4, 0.5) is 5.69 Å². The molecule has 0 atom stereocenters. The number of aliphatic imine (C=N–C) groups is 1. The lowest BCUT2D eigenvalue weighted by Gasteiger charge is -2.35. The van der Waals surface area contributed by atoms with Crippen molar-refractivity contribution in [2.75, 3.05) is 44.2 Å². The monoisotopic (exact) mass is 349 g/mol. The van der Waals surface area contributed by atoms with E-state index in [1.807, 2.05) is 25.1 Å². The van der Waals surface area contributed by atoms with Gasteiger partial charge in [0, 0.05) is 45.0 Å². The molecule has 0 saturated carbocycles. The number of nitrogens with zero attached hydrogens (tertiary/aromatic N) is 5. The number of aryl methyl sites for hydroxylation is 1. The number of hydrogen-bond donors (Lipinski definition) is 2. The second-order valence-corrected chi connectivity index (χ2v) is 7.25. The van der Waals surface area contributed by atoms with Crippen LogP contribution >= 0.6 is 0 Å². The molecule has 0 unspecified atom stereocenters. The number of guanidine groups is 1. The predicted octanol–water partition coefficient (Wildman–Crippen LogP) is 0.422. The fourth-order valence-corrected chi connectivity index (χ4v) is 2.69. The van der Waals surface area contributed by atoms with Gasteiger partial charge in [-0.05, 0) is 27.7 Å². The second kappa shape index (κ2) is 8.33. The van der Waals surface area contributed by atoms with Crippen LogP contribution in [0.15, 0.2) is 17.4 Å². The van der Waals surface area contributed by atoms with Crippen molar-refractivity contribution in [1.82, 2.24) is 25.3 Å². The molecule has 0 bridgehead atoms. The minimum Gasteiger partial charge on any atom is -0.357 e. The third-order valence-corrected chi connectivity index (χ3v) is 3.89. The number of nitrogens with one attached hydrogen (secondary N) is 2. The van der Waals surface area contributed by atoms with Crippen molar-refractivity contribution in [1.29, 1.82) is 0 Å². The lowest BCUT2D eigenvalue weighted by Crippen LogP contribution is -2.55. The number of rotatable bonds is 5. The van der Waals surface area contributed by atoms with Gasteiger partial charge in [0.05, 0.1) is 18.4 Å². The number of amides is 1. The van der Waals surface area contributed by atoms with E-state index in [1.165, 1.54) is 0 Å². The quantitative estimate of drug-likeness (QED) is 0.458. The Morgan fingerprint density at radius 3 is 2.68 bits per heavy atom. The van der Waals surface area contributed by atoms with Gasteiger partial charge in [-0.15, -0.1) is 0 Å². The van der Waals surface area contributed by atoms with Gasteiger partial charge in [0.15, 0.2) is 5.96 Å². The molecule has 0 spiro atoms. The van der Waals surface area contributed by atoms with Gasteiger partial charge in [-0.25, -0.2) is 0 Å². The minimum absolute atomic E-state index is 0.0673. The molecular weight excluding hydrogens is 318 g/mol. The maximum atomic E-state index is 12.5. The number of carbonyl (C=O) groups excluding carboxylic acids is 1. The lowest BCUT2D eigenvalue weighted by atomic mass is 10.1. The third kappa shape index (κ3) is 5.74. The standard InChI is InChI=1S/C17H31N7O/c1-6-18-16(19-7-8-20-17(2,3)4)23-9-10-24(15(25)13-23)14-11-21-22(5)12-14/h11-12,20H,6-10,13H2,1-5H3,(H,18,19). The van der Waals surface area contributed by atoms with Gasteiger partial charge in [0.1, 0.15) is 6.54 Å². The van der Waals surface area contributed by atoms with Crippen LogP contribution in [0.25, 0.3) is 0 Å². The summed E-state index contributed by atoms with van der Waals surface area (Å²) in [5.41, 5.74) is 0.933. The Bertz CT molecular complexity index is 602. The molecule has 1 aromatic rings. The Labute approximate surface area is 150 Å². The average Bonchev–Trinajstić information content (AvgIpc) is 2.95. The fraction of sp³-hybridized carbons (Fsp3) is 0.706. The van der Waals surface area contributed by atoms with Crippen LogP contribution in [-0.2, 0) is 11.8 Å². The number of carbonyl (C=O) groups is 1. The van der Waals surface area contributed by atoms with E-state index in [0.717, 1.165) is 31.3 Å². The van der Waals surface area contributed by atoms with Crippen molar-refractivity contribution >= 4 is 17.6 Å². The number of anilines is 1. The Balaban J connectivity index is 1.95. The topological polar surface area (TPSA) is 77.8 Å². The van der Waals surface area contributed by atoms with Crippen molar-refractivity contribution in [2.24, 2.45) is 12.0 Å². The van der Waals surface area contributed by atoms with E-state index in [2.05, 4.69) is 41.5 Å². The van der Waals surface area contributed by atoms with E-state index < -0.39 is 0 Å². The summed E-state index contributed by atoms with van der Waals surface area (Å²) in [6, 6.07) is 0. The molecule has 1 aliphatic rings. The van der Waals surface area contributed by atoms with E-state index in [-0.39, 0.29) is 11.4 Å². The van der Waals surface area contributed by atoms with Crippen LogP contribution in [0.3, 0.4) is 0 Å². The van der Waals surface area contributed by atoms with Crippen molar-refractivity contribution in [3.05, 3.63) is 12.4 Å². The predicted molar refractivity (Wildman–Crippen MR) is 101 cm³/mol. The molecule has 140 valence electrons. The molecule has 0 radical (unpaired) electrons. The first-order valence-electron chi connectivity index (χ1n) is 8.87. The molecule has 2 N–H and O–H groups in total. The minimum atomic E-state index is 0.0673. The molecule has 0 aliphatic carbocycles. The molecule has 0 aromatic carbocycles. The SMILES string of the molecule is CCNC(=NCCNC(C)(C)C)N1CCN(c2cnn(C)c2)C(=O)C1. The van der Waals surface area contributed by atoms with Crippen LogP contribution in [0.5, 0.6) is 0 Å². The maximum Gasteiger partial charge on any atom is 0.246 e. The fourth-order valence-electron chi connectivity index (χ4n) is 2.69. The highest BCUT2D eigenvalue weighted by atomic mass is 16.2. The third-order valence-electron chi connectivity index (χ3n) is 3.89. The zero-order valence-electron chi connectivity index (χ0n) is 16.0. The Hall–Kier alpha value is -2.09. The summed E-state index contributed by atoms with van der Waals surface area (Å²) < 4.78 is 1.71. The van der Waals surface area contributed by atoms with Crippen molar-refractivity contribution in [3.63, 3.8) is 0 Å². The highest BCUT2D eigenvalue weighted by Crippen LogP contribution is 2.16. The van der Waals surface area contributed by atoms with Crippen LogP contribution in [-0.4, -0.2) is 71.4 Å². The van der Waals surface area contributed by atoms with Gasteiger partial charge in [-0.2, -0.15) is 5.10 Å². The summed E-state index contributed by atoms with van der Waals surface area (Å²) in [6.45, 7) is 12.4. The molecule has 25 heavy (non-hydrogen) atoms. The van der Waals surface area contributed by atoms with Crippen molar-refractivity contribution < 1.29 is 4.79 Å². The van der Waals surface area contributed by atoms with Gasteiger partial charge >= 0.3 is 0 Å². The van der Waals surface area contributed by atoms with Gasteiger partial charge in [-0.3, -0.25) is 14.5 Å².